The number of nitrogens with zero attached hydrogens (tertiary/aromatic N) is 2. The van der Waals surface area contributed by atoms with Crippen LogP contribution in [0.3, 0.4) is 0 Å². The largest absolute Gasteiger partial charge is 0.495 e. The summed E-state index contributed by atoms with van der Waals surface area (Å²) in [6.45, 7) is 1.65. The van der Waals surface area contributed by atoms with Crippen LogP contribution in [0, 0.1) is 6.92 Å². The van der Waals surface area contributed by atoms with Crippen LogP contribution in [-0.4, -0.2) is 37.5 Å². The number of methoxy groups -OCH3 is 1. The number of amides is 1. The Bertz CT molecular complexity index is 1180. The van der Waals surface area contributed by atoms with Gasteiger partial charge in [-0.15, -0.1) is 11.8 Å². The molecule has 8 nitrogen and oxygen atoms in total. The van der Waals surface area contributed by atoms with Crippen LogP contribution in [0.15, 0.2) is 63.3 Å². The highest BCUT2D eigenvalue weighted by atomic mass is 32.2. The fourth-order valence-corrected chi connectivity index (χ4v) is 5.36. The number of carbonyl (C=O) groups is 1. The lowest BCUT2D eigenvalue weighted by atomic mass is 10.2. The van der Waals surface area contributed by atoms with Gasteiger partial charge in [-0.05, 0) is 43.0 Å². The quantitative estimate of drug-likeness (QED) is 0.536. The van der Waals surface area contributed by atoms with Crippen molar-refractivity contribution in [3.63, 3.8) is 0 Å². The van der Waals surface area contributed by atoms with Gasteiger partial charge >= 0.3 is 0 Å². The smallest absolute Gasteiger partial charge is 0.246 e. The molecule has 0 aliphatic heterocycles. The Morgan fingerprint density at radius 1 is 1.23 bits per heavy atom. The number of hydrogen-bond acceptors (Lipinski definition) is 7. The fourth-order valence-electron chi connectivity index (χ4n) is 2.91. The van der Waals surface area contributed by atoms with E-state index in [2.05, 4.69) is 10.4 Å². The number of aromatic nitrogens is 2. The van der Waals surface area contributed by atoms with E-state index in [0.29, 0.717) is 11.4 Å². The first-order valence-corrected chi connectivity index (χ1v) is 11.6. The minimum absolute atomic E-state index is 0.0884. The molecule has 1 heterocycles. The fraction of sp³-hybridized carbons (Fsp3) is 0.200. The first kappa shape index (κ1) is 21.7. The van der Waals surface area contributed by atoms with Crippen LogP contribution >= 0.6 is 11.8 Å². The molecule has 3 N–H and O–H groups in total. The first-order chi connectivity index (χ1) is 14.3. The van der Waals surface area contributed by atoms with Gasteiger partial charge in [-0.1, -0.05) is 24.3 Å². The average molecular weight is 447 g/mol. The number of nitrogens with two attached hydrogens (primary N) is 1. The second-order valence-corrected chi connectivity index (χ2v) is 9.13. The summed E-state index contributed by atoms with van der Waals surface area (Å²) < 4.78 is 32.6. The molecule has 10 heteroatoms. The highest BCUT2D eigenvalue weighted by molar-refractivity contribution is 7.99. The van der Waals surface area contributed by atoms with E-state index in [0.717, 1.165) is 17.3 Å². The molecule has 3 aromatic rings. The van der Waals surface area contributed by atoms with Gasteiger partial charge in [-0.25, -0.2) is 13.1 Å². The molecular formula is C20H22N4O4S2. The molecule has 3 rings (SSSR count). The Labute approximate surface area is 179 Å². The molecule has 0 atom stereocenters. The maximum atomic E-state index is 13.1. The number of anilines is 2. The van der Waals surface area contributed by atoms with Crippen molar-refractivity contribution in [2.24, 2.45) is 0 Å². The predicted octanol–water partition coefficient (Wildman–Crippen LogP) is 2.98. The van der Waals surface area contributed by atoms with Gasteiger partial charge in [0.25, 0.3) is 0 Å². The summed E-state index contributed by atoms with van der Waals surface area (Å²) in [5.41, 5.74) is 7.59. The molecule has 0 aliphatic rings. The average Bonchev–Trinajstić information content (AvgIpc) is 3.04. The van der Waals surface area contributed by atoms with E-state index in [1.54, 1.807) is 36.6 Å². The van der Waals surface area contributed by atoms with Crippen LogP contribution in [0.2, 0.25) is 0 Å². The standard InChI is InChI=1S/C20H22N4O4S2/c1-13-9-10-16(28-2)15(11-13)22-17(25)12-24-19(21)18(20(23-24)29-3)30(26,27)14-7-5-4-6-8-14/h4-11H,12,21H2,1-3H3,(H,22,25). The first-order valence-electron chi connectivity index (χ1n) is 8.92. The highest BCUT2D eigenvalue weighted by Gasteiger charge is 2.29. The van der Waals surface area contributed by atoms with Crippen LogP contribution in [0.25, 0.3) is 0 Å². The van der Waals surface area contributed by atoms with Gasteiger partial charge in [-0.2, -0.15) is 5.10 Å². The van der Waals surface area contributed by atoms with Crippen LogP contribution in [0.5, 0.6) is 5.75 Å². The summed E-state index contributed by atoms with van der Waals surface area (Å²) in [7, 11) is -2.37. The SMILES string of the molecule is COc1ccc(C)cc1NC(=O)Cn1nc(SC)c(S(=O)(=O)c2ccccc2)c1N. The van der Waals surface area contributed by atoms with Crippen molar-refractivity contribution in [2.75, 3.05) is 24.4 Å². The molecule has 30 heavy (non-hydrogen) atoms. The van der Waals surface area contributed by atoms with E-state index in [4.69, 9.17) is 10.5 Å². The zero-order valence-electron chi connectivity index (χ0n) is 16.7. The third-order valence-electron chi connectivity index (χ3n) is 4.35. The number of nitrogens with one attached hydrogen (secondary N) is 1. The van der Waals surface area contributed by atoms with E-state index in [1.165, 1.54) is 23.9 Å². The summed E-state index contributed by atoms with van der Waals surface area (Å²) in [5, 5.41) is 7.24. The summed E-state index contributed by atoms with van der Waals surface area (Å²) in [6.07, 6.45) is 1.70. The van der Waals surface area contributed by atoms with Gasteiger partial charge < -0.3 is 15.8 Å². The molecule has 0 spiro atoms. The second-order valence-electron chi connectivity index (χ2n) is 6.45. The number of aryl methyl sites for hydroxylation is 1. The van der Waals surface area contributed by atoms with E-state index in [-0.39, 0.29) is 27.2 Å². The summed E-state index contributed by atoms with van der Waals surface area (Å²) in [5.74, 6) is 0.0125. The van der Waals surface area contributed by atoms with Gasteiger partial charge in [0, 0.05) is 0 Å². The topological polar surface area (TPSA) is 116 Å². The van der Waals surface area contributed by atoms with Crippen molar-refractivity contribution in [3.05, 3.63) is 54.1 Å². The van der Waals surface area contributed by atoms with Crippen molar-refractivity contribution in [1.82, 2.24) is 9.78 Å². The lowest BCUT2D eigenvalue weighted by Gasteiger charge is -2.11. The minimum Gasteiger partial charge on any atom is -0.495 e. The summed E-state index contributed by atoms with van der Waals surface area (Å²) in [4.78, 5) is 12.6. The Morgan fingerprint density at radius 2 is 1.93 bits per heavy atom. The van der Waals surface area contributed by atoms with E-state index < -0.39 is 15.7 Å². The number of rotatable bonds is 7. The molecule has 0 aliphatic carbocycles. The summed E-state index contributed by atoms with van der Waals surface area (Å²) in [6, 6.07) is 13.4. The number of carbonyl (C=O) groups excluding carboxylic acids is 1. The Morgan fingerprint density at radius 3 is 2.57 bits per heavy atom. The molecule has 0 saturated carbocycles. The molecule has 0 bridgehead atoms. The monoisotopic (exact) mass is 446 g/mol. The number of benzene rings is 2. The van der Waals surface area contributed by atoms with Gasteiger partial charge in [0.05, 0.1) is 17.7 Å². The van der Waals surface area contributed by atoms with E-state index in [9.17, 15) is 13.2 Å². The minimum atomic E-state index is -3.88. The zero-order valence-corrected chi connectivity index (χ0v) is 18.4. The van der Waals surface area contributed by atoms with Crippen molar-refractivity contribution in [2.45, 2.75) is 28.3 Å². The molecule has 1 amide bonds. The highest BCUT2D eigenvalue weighted by Crippen LogP contribution is 2.34. The molecule has 1 aromatic heterocycles. The van der Waals surface area contributed by atoms with Gasteiger partial charge in [0.1, 0.15) is 28.0 Å². The number of nitrogen functional groups attached to an aromatic ring is 1. The van der Waals surface area contributed by atoms with Crippen LogP contribution in [0.1, 0.15) is 5.56 Å². The summed E-state index contributed by atoms with van der Waals surface area (Å²) >= 11 is 1.15. The van der Waals surface area contributed by atoms with Crippen LogP contribution in [-0.2, 0) is 21.2 Å². The van der Waals surface area contributed by atoms with E-state index >= 15 is 0 Å². The third kappa shape index (κ3) is 4.29. The van der Waals surface area contributed by atoms with Gasteiger partial charge in [0.2, 0.25) is 15.7 Å². The molecule has 0 fully saturated rings. The lowest BCUT2D eigenvalue weighted by molar-refractivity contribution is -0.116. The zero-order chi connectivity index (χ0) is 21.9. The van der Waals surface area contributed by atoms with E-state index in [1.807, 2.05) is 13.0 Å². The molecule has 158 valence electrons. The predicted molar refractivity (Wildman–Crippen MR) is 117 cm³/mol. The van der Waals surface area contributed by atoms with Crippen LogP contribution < -0.4 is 15.8 Å². The molecular weight excluding hydrogens is 424 g/mol. The second kappa shape index (κ2) is 8.80. The van der Waals surface area contributed by atoms with Crippen LogP contribution in [0.4, 0.5) is 11.5 Å². The number of thioether (sulfide) groups is 1. The Kier molecular flexibility index (Phi) is 6.37. The third-order valence-corrected chi connectivity index (χ3v) is 6.99. The molecule has 0 unspecified atom stereocenters. The van der Waals surface area contributed by atoms with Gasteiger partial charge in [-0.3, -0.25) is 4.79 Å². The molecule has 2 aromatic carbocycles. The molecule has 0 saturated heterocycles. The number of hydrogen-bond donors (Lipinski definition) is 2. The normalized spacial score (nSPS) is 11.3. The molecule has 0 radical (unpaired) electrons. The maximum absolute atomic E-state index is 13.1. The number of ether oxygens (including phenoxy) is 1. The van der Waals surface area contributed by atoms with Crippen molar-refractivity contribution < 1.29 is 17.9 Å². The van der Waals surface area contributed by atoms with Gasteiger partial charge in [0.15, 0.2) is 0 Å². The number of sulfone groups is 1. The van der Waals surface area contributed by atoms with Crippen molar-refractivity contribution in [3.8, 4) is 5.75 Å². The Hall–Kier alpha value is -2.98. The van der Waals surface area contributed by atoms with Crippen molar-refractivity contribution >= 4 is 39.0 Å². The Balaban J connectivity index is 1.92. The van der Waals surface area contributed by atoms with Crippen molar-refractivity contribution in [1.29, 1.82) is 0 Å². The lowest BCUT2D eigenvalue weighted by Crippen LogP contribution is -2.21. The maximum Gasteiger partial charge on any atom is 0.246 e.